The Kier molecular flexibility index (Phi) is 5.78. The molecule has 1 spiro atoms. The normalized spacial score (nSPS) is 19.3. The lowest BCUT2D eigenvalue weighted by atomic mass is 9.78. The minimum Gasteiger partial charge on any atom is -0.343 e. The number of nitriles is 1. The van der Waals surface area contributed by atoms with Gasteiger partial charge in [-0.15, -0.1) is 0 Å². The third-order valence-electron chi connectivity index (χ3n) is 7.08. The molecule has 31 heavy (non-hydrogen) atoms. The lowest BCUT2D eigenvalue weighted by molar-refractivity contribution is -0.131. The molecular weight excluding hydrogens is 388 g/mol. The fraction of sp³-hybridized carbons (Fsp3) is 0.667. The number of aromatic nitrogens is 3. The first-order chi connectivity index (χ1) is 14.7. The number of rotatable bonds is 4. The molecule has 4 heterocycles. The highest BCUT2D eigenvalue weighted by Crippen LogP contribution is 2.41. The van der Waals surface area contributed by atoms with E-state index in [0.29, 0.717) is 5.41 Å². The number of likely N-dealkylation sites (tertiary alicyclic amines) is 2. The van der Waals surface area contributed by atoms with Gasteiger partial charge in [-0.3, -0.25) is 9.69 Å². The van der Waals surface area contributed by atoms with Crippen LogP contribution in [0.15, 0.2) is 12.3 Å². The molecule has 0 aromatic carbocycles. The Hall–Kier alpha value is -2.46. The molecule has 166 valence electrons. The van der Waals surface area contributed by atoms with Gasteiger partial charge < -0.3 is 9.47 Å². The molecule has 2 saturated heterocycles. The zero-order chi connectivity index (χ0) is 22.2. The van der Waals surface area contributed by atoms with E-state index in [4.69, 9.17) is 0 Å². The molecule has 0 radical (unpaired) electrons. The number of carbonyl (C=O) groups is 1. The second kappa shape index (κ2) is 8.23. The number of nitrogens with zero attached hydrogens (tertiary/aromatic N) is 6. The van der Waals surface area contributed by atoms with E-state index in [2.05, 4.69) is 52.3 Å². The predicted molar refractivity (Wildman–Crippen MR) is 120 cm³/mol. The minimum absolute atomic E-state index is 0.200. The van der Waals surface area contributed by atoms with Gasteiger partial charge in [-0.05, 0) is 49.1 Å². The van der Waals surface area contributed by atoms with Gasteiger partial charge in [0.15, 0.2) is 0 Å². The van der Waals surface area contributed by atoms with Gasteiger partial charge in [-0.1, -0.05) is 20.8 Å². The van der Waals surface area contributed by atoms with Gasteiger partial charge in [0.05, 0.1) is 0 Å². The lowest BCUT2D eigenvalue weighted by Gasteiger charge is -2.39. The number of fused-ring (bicyclic) bond motifs is 1. The highest BCUT2D eigenvalue weighted by molar-refractivity contribution is 5.77. The van der Waals surface area contributed by atoms with E-state index in [1.165, 1.54) is 12.1 Å². The van der Waals surface area contributed by atoms with Crippen LogP contribution >= 0.6 is 0 Å². The summed E-state index contributed by atoms with van der Waals surface area (Å²) in [6.45, 7) is 14.2. The first-order valence-electron chi connectivity index (χ1n) is 11.4. The Morgan fingerprint density at radius 1 is 1.23 bits per heavy atom. The molecular formula is C24H34N6O. The quantitative estimate of drug-likeness (QED) is 0.753. The summed E-state index contributed by atoms with van der Waals surface area (Å²) in [5.41, 5.74) is 2.69. The van der Waals surface area contributed by atoms with E-state index >= 15 is 0 Å². The van der Waals surface area contributed by atoms with Gasteiger partial charge in [0.1, 0.15) is 11.7 Å². The van der Waals surface area contributed by atoms with Gasteiger partial charge in [0.25, 0.3) is 0 Å². The molecule has 2 fully saturated rings. The van der Waals surface area contributed by atoms with E-state index in [1.807, 2.05) is 4.90 Å². The number of hydrogen-bond donors (Lipinski definition) is 0. The van der Waals surface area contributed by atoms with E-state index < -0.39 is 0 Å². The third-order valence-corrected chi connectivity index (χ3v) is 7.08. The minimum atomic E-state index is 0.200. The second-order valence-corrected chi connectivity index (χ2v) is 10.6. The molecule has 2 aromatic heterocycles. The SMILES string of the molecule is CC(=O)N1CCC2(CCN(Cc3cc4cnc(C#N)nc4n3CCC(C)(C)C)C2)CC1. The van der Waals surface area contributed by atoms with Gasteiger partial charge >= 0.3 is 0 Å². The molecule has 2 aromatic rings. The maximum absolute atomic E-state index is 11.7. The van der Waals surface area contributed by atoms with Crippen molar-refractivity contribution in [1.29, 1.82) is 5.26 Å². The van der Waals surface area contributed by atoms with Crippen molar-refractivity contribution < 1.29 is 4.79 Å². The van der Waals surface area contributed by atoms with Crippen molar-refractivity contribution in [2.75, 3.05) is 26.2 Å². The number of aryl methyl sites for hydroxylation is 1. The molecule has 0 aliphatic carbocycles. The molecule has 0 atom stereocenters. The summed E-state index contributed by atoms with van der Waals surface area (Å²) < 4.78 is 2.30. The predicted octanol–water partition coefficient (Wildman–Crippen LogP) is 3.57. The highest BCUT2D eigenvalue weighted by atomic mass is 16.2. The van der Waals surface area contributed by atoms with E-state index in [-0.39, 0.29) is 17.1 Å². The summed E-state index contributed by atoms with van der Waals surface area (Å²) in [6.07, 6.45) is 6.24. The lowest BCUT2D eigenvalue weighted by Crippen LogP contribution is -2.43. The Balaban J connectivity index is 1.53. The van der Waals surface area contributed by atoms with Crippen LogP contribution in [0.3, 0.4) is 0 Å². The zero-order valence-electron chi connectivity index (χ0n) is 19.3. The van der Waals surface area contributed by atoms with Crippen LogP contribution in [0.2, 0.25) is 0 Å². The molecule has 4 rings (SSSR count). The Bertz CT molecular complexity index is 1000. The van der Waals surface area contributed by atoms with Crippen LogP contribution in [-0.2, 0) is 17.9 Å². The first-order valence-corrected chi connectivity index (χ1v) is 11.4. The summed E-state index contributed by atoms with van der Waals surface area (Å²) in [7, 11) is 0. The van der Waals surface area contributed by atoms with Crippen LogP contribution in [-0.4, -0.2) is 56.4 Å². The first kappa shape index (κ1) is 21.8. The molecule has 0 N–H and O–H groups in total. The van der Waals surface area contributed by atoms with Crippen LogP contribution < -0.4 is 0 Å². The number of piperidine rings is 1. The van der Waals surface area contributed by atoms with Crippen molar-refractivity contribution in [1.82, 2.24) is 24.3 Å². The van der Waals surface area contributed by atoms with Crippen LogP contribution in [0.25, 0.3) is 11.0 Å². The van der Waals surface area contributed by atoms with Crippen molar-refractivity contribution in [3.63, 3.8) is 0 Å². The maximum Gasteiger partial charge on any atom is 0.234 e. The second-order valence-electron chi connectivity index (χ2n) is 10.6. The average molecular weight is 423 g/mol. The highest BCUT2D eigenvalue weighted by Gasteiger charge is 2.41. The van der Waals surface area contributed by atoms with Crippen LogP contribution in [0.5, 0.6) is 0 Å². The number of carbonyl (C=O) groups excluding carboxylic acids is 1. The summed E-state index contributed by atoms with van der Waals surface area (Å²) in [6, 6.07) is 4.27. The molecule has 7 heteroatoms. The van der Waals surface area contributed by atoms with Crippen molar-refractivity contribution in [2.24, 2.45) is 10.8 Å². The Morgan fingerprint density at radius 2 is 1.94 bits per heavy atom. The van der Waals surface area contributed by atoms with E-state index in [1.54, 1.807) is 13.1 Å². The van der Waals surface area contributed by atoms with Gasteiger partial charge in [0, 0.05) is 56.9 Å². The van der Waals surface area contributed by atoms with E-state index in [9.17, 15) is 10.1 Å². The van der Waals surface area contributed by atoms with Crippen molar-refractivity contribution in [3.8, 4) is 6.07 Å². The summed E-state index contributed by atoms with van der Waals surface area (Å²) in [5, 5.41) is 10.3. The van der Waals surface area contributed by atoms with Crippen molar-refractivity contribution in [2.45, 2.75) is 66.5 Å². The number of amides is 1. The molecule has 0 unspecified atom stereocenters. The standard InChI is InChI=1S/C24H34N6O/c1-18(31)29-10-7-24(8-11-29)6-9-28(17-24)16-20-13-19-15-26-21(14-25)27-22(19)30(20)12-5-23(2,3)4/h13,15H,5-12,16-17H2,1-4H3. The zero-order valence-corrected chi connectivity index (χ0v) is 19.3. The van der Waals surface area contributed by atoms with Crippen LogP contribution in [0.4, 0.5) is 0 Å². The van der Waals surface area contributed by atoms with Crippen LogP contribution in [0.1, 0.15) is 64.9 Å². The monoisotopic (exact) mass is 422 g/mol. The Morgan fingerprint density at radius 3 is 2.58 bits per heavy atom. The van der Waals surface area contributed by atoms with Gasteiger partial charge in [0.2, 0.25) is 11.7 Å². The topological polar surface area (TPSA) is 78.1 Å². The van der Waals surface area contributed by atoms with Gasteiger partial charge in [-0.2, -0.15) is 5.26 Å². The fourth-order valence-electron chi connectivity index (χ4n) is 5.07. The average Bonchev–Trinajstić information content (AvgIpc) is 3.26. The number of hydrogen-bond acceptors (Lipinski definition) is 5. The Labute approximate surface area is 185 Å². The van der Waals surface area contributed by atoms with Gasteiger partial charge in [-0.25, -0.2) is 9.97 Å². The van der Waals surface area contributed by atoms with Crippen LogP contribution in [0, 0.1) is 22.2 Å². The largest absolute Gasteiger partial charge is 0.343 e. The molecule has 0 bridgehead atoms. The summed E-state index contributed by atoms with van der Waals surface area (Å²) >= 11 is 0. The van der Waals surface area contributed by atoms with E-state index in [0.717, 1.165) is 69.6 Å². The van der Waals surface area contributed by atoms with Crippen molar-refractivity contribution in [3.05, 3.63) is 23.8 Å². The fourth-order valence-corrected chi connectivity index (χ4v) is 5.07. The molecule has 2 aliphatic heterocycles. The molecule has 2 aliphatic rings. The summed E-state index contributed by atoms with van der Waals surface area (Å²) in [4.78, 5) is 25.0. The summed E-state index contributed by atoms with van der Waals surface area (Å²) in [5.74, 6) is 0.428. The smallest absolute Gasteiger partial charge is 0.234 e. The third kappa shape index (κ3) is 4.74. The maximum atomic E-state index is 11.7. The van der Waals surface area contributed by atoms with Crippen molar-refractivity contribution >= 4 is 16.9 Å². The molecule has 7 nitrogen and oxygen atoms in total. The molecule has 0 saturated carbocycles. The molecule has 1 amide bonds.